The third-order valence-electron chi connectivity index (χ3n) is 3.39. The molecule has 0 aromatic heterocycles. The van der Waals surface area contributed by atoms with Gasteiger partial charge in [0.2, 0.25) is 0 Å². The van der Waals surface area contributed by atoms with Crippen molar-refractivity contribution in [2.45, 2.75) is 26.8 Å². The van der Waals surface area contributed by atoms with Gasteiger partial charge in [0.05, 0.1) is 16.8 Å². The molecule has 0 amide bonds. The molecule has 0 bridgehead atoms. The van der Waals surface area contributed by atoms with E-state index in [0.717, 1.165) is 22.4 Å². The van der Waals surface area contributed by atoms with E-state index in [1.165, 1.54) is 12.1 Å². The molecule has 22 heavy (non-hydrogen) atoms. The number of thiocarbonyl (C=S) groups is 1. The third-order valence-corrected chi connectivity index (χ3v) is 3.91. The molecule has 0 unspecified atom stereocenters. The van der Waals surface area contributed by atoms with E-state index in [9.17, 15) is 4.39 Å². The van der Waals surface area contributed by atoms with Crippen molar-refractivity contribution in [2.24, 2.45) is 0 Å². The summed E-state index contributed by atoms with van der Waals surface area (Å²) in [5.41, 5.74) is 3.89. The van der Waals surface area contributed by atoms with Gasteiger partial charge in [-0.05, 0) is 67.9 Å². The van der Waals surface area contributed by atoms with Gasteiger partial charge in [0.15, 0.2) is 5.11 Å². The number of rotatable bonds is 3. The van der Waals surface area contributed by atoms with Crippen LogP contribution in [0.25, 0.3) is 0 Å². The number of nitrogens with one attached hydrogen (secondary N) is 2. The maximum absolute atomic E-state index is 12.9. The van der Waals surface area contributed by atoms with Crippen LogP contribution in [0, 0.1) is 19.7 Å². The Balaban J connectivity index is 2.05. The van der Waals surface area contributed by atoms with E-state index < -0.39 is 0 Å². The molecule has 0 saturated heterocycles. The summed E-state index contributed by atoms with van der Waals surface area (Å²) in [7, 11) is 0. The van der Waals surface area contributed by atoms with Crippen molar-refractivity contribution >= 4 is 34.6 Å². The molecule has 0 aliphatic rings. The van der Waals surface area contributed by atoms with E-state index in [-0.39, 0.29) is 11.9 Å². The minimum atomic E-state index is -0.251. The highest BCUT2D eigenvalue weighted by Gasteiger charge is 2.10. The fourth-order valence-electron chi connectivity index (χ4n) is 2.26. The first kappa shape index (κ1) is 16.7. The zero-order valence-electron chi connectivity index (χ0n) is 12.7. The van der Waals surface area contributed by atoms with Crippen LogP contribution in [0.5, 0.6) is 0 Å². The molecule has 0 aliphatic heterocycles. The normalized spacial score (nSPS) is 11.9. The van der Waals surface area contributed by atoms with E-state index in [4.69, 9.17) is 23.8 Å². The summed E-state index contributed by atoms with van der Waals surface area (Å²) in [6.45, 7) is 5.94. The highest BCUT2D eigenvalue weighted by molar-refractivity contribution is 7.80. The van der Waals surface area contributed by atoms with Gasteiger partial charge in [0, 0.05) is 0 Å². The Kier molecular flexibility index (Phi) is 5.37. The zero-order valence-corrected chi connectivity index (χ0v) is 14.3. The maximum Gasteiger partial charge on any atom is 0.171 e. The molecule has 0 spiro atoms. The van der Waals surface area contributed by atoms with Crippen molar-refractivity contribution in [3.05, 3.63) is 63.9 Å². The van der Waals surface area contributed by atoms with Gasteiger partial charge in [-0.3, -0.25) is 0 Å². The van der Waals surface area contributed by atoms with Crippen LogP contribution in [0.4, 0.5) is 10.1 Å². The molecule has 2 rings (SSSR count). The molecule has 0 saturated carbocycles. The molecule has 2 aromatic rings. The average molecular weight is 337 g/mol. The Hall–Kier alpha value is -1.65. The highest BCUT2D eigenvalue weighted by Crippen LogP contribution is 2.27. The van der Waals surface area contributed by atoms with Gasteiger partial charge in [-0.25, -0.2) is 4.39 Å². The van der Waals surface area contributed by atoms with Gasteiger partial charge >= 0.3 is 0 Å². The largest absolute Gasteiger partial charge is 0.356 e. The lowest BCUT2D eigenvalue weighted by molar-refractivity contribution is 0.624. The summed E-state index contributed by atoms with van der Waals surface area (Å²) >= 11 is 11.6. The van der Waals surface area contributed by atoms with Crippen LogP contribution in [-0.2, 0) is 0 Å². The molecule has 116 valence electrons. The van der Waals surface area contributed by atoms with Crippen LogP contribution < -0.4 is 10.6 Å². The molecule has 2 nitrogen and oxygen atoms in total. The Bertz CT molecular complexity index is 663. The van der Waals surface area contributed by atoms with Gasteiger partial charge in [-0.2, -0.15) is 0 Å². The van der Waals surface area contributed by atoms with Gasteiger partial charge in [0.25, 0.3) is 0 Å². The summed E-state index contributed by atoms with van der Waals surface area (Å²) in [5, 5.41) is 7.42. The third kappa shape index (κ3) is 4.18. The summed E-state index contributed by atoms with van der Waals surface area (Å²) in [5.74, 6) is -0.251. The number of anilines is 1. The lowest BCUT2D eigenvalue weighted by atomic mass is 10.1. The van der Waals surface area contributed by atoms with Crippen LogP contribution >= 0.6 is 23.8 Å². The topological polar surface area (TPSA) is 24.1 Å². The number of halogens is 2. The predicted octanol–water partition coefficient (Wildman–Crippen LogP) is 5.14. The predicted molar refractivity (Wildman–Crippen MR) is 95.1 cm³/mol. The minimum absolute atomic E-state index is 0.0369. The van der Waals surface area contributed by atoms with Crippen LogP contribution in [0.15, 0.2) is 36.4 Å². The van der Waals surface area contributed by atoms with E-state index in [0.29, 0.717) is 10.1 Å². The van der Waals surface area contributed by atoms with Crippen molar-refractivity contribution in [3.8, 4) is 0 Å². The molecule has 0 radical (unpaired) electrons. The zero-order chi connectivity index (χ0) is 16.3. The molecule has 1 atom stereocenters. The number of benzene rings is 2. The van der Waals surface area contributed by atoms with Crippen molar-refractivity contribution in [3.63, 3.8) is 0 Å². The van der Waals surface area contributed by atoms with E-state index in [2.05, 4.69) is 10.6 Å². The van der Waals surface area contributed by atoms with E-state index in [1.807, 2.05) is 32.9 Å². The van der Waals surface area contributed by atoms with Gasteiger partial charge < -0.3 is 10.6 Å². The van der Waals surface area contributed by atoms with Crippen LogP contribution in [-0.4, -0.2) is 5.11 Å². The number of hydrogen-bond acceptors (Lipinski definition) is 1. The van der Waals surface area contributed by atoms with Crippen molar-refractivity contribution < 1.29 is 4.39 Å². The van der Waals surface area contributed by atoms with E-state index >= 15 is 0 Å². The van der Waals surface area contributed by atoms with Crippen LogP contribution in [0.1, 0.15) is 29.7 Å². The molecule has 2 aromatic carbocycles. The first-order valence-corrected chi connectivity index (χ1v) is 7.75. The molecular weight excluding hydrogens is 319 g/mol. The monoisotopic (exact) mass is 336 g/mol. The lowest BCUT2D eigenvalue weighted by Crippen LogP contribution is -2.31. The van der Waals surface area contributed by atoms with Crippen LogP contribution in [0.2, 0.25) is 5.02 Å². The second kappa shape index (κ2) is 7.07. The van der Waals surface area contributed by atoms with Gasteiger partial charge in [-0.15, -0.1) is 0 Å². The fourth-order valence-corrected chi connectivity index (χ4v) is 2.90. The fraction of sp³-hybridized carbons (Fsp3) is 0.235. The Morgan fingerprint density at radius 2 is 1.82 bits per heavy atom. The Labute approximate surface area is 140 Å². The second-order valence-corrected chi connectivity index (χ2v) is 6.13. The summed E-state index contributed by atoms with van der Waals surface area (Å²) in [6.07, 6.45) is 0. The standard InChI is InChI=1S/C17H18ClFN2S/c1-10-8-11(2)16(15(18)9-10)21-17(22)20-12(3)13-4-6-14(19)7-5-13/h4-9,12H,1-3H3,(H2,20,21,22)/t12-/m1/s1. The molecule has 0 aliphatic carbocycles. The molecule has 0 heterocycles. The smallest absolute Gasteiger partial charge is 0.171 e. The average Bonchev–Trinajstić information content (AvgIpc) is 2.43. The van der Waals surface area contributed by atoms with Crippen molar-refractivity contribution in [1.82, 2.24) is 5.32 Å². The Morgan fingerprint density at radius 3 is 2.41 bits per heavy atom. The Morgan fingerprint density at radius 1 is 1.18 bits per heavy atom. The maximum atomic E-state index is 12.9. The minimum Gasteiger partial charge on any atom is -0.356 e. The van der Waals surface area contributed by atoms with Gasteiger partial charge in [-0.1, -0.05) is 29.8 Å². The first-order chi connectivity index (χ1) is 10.4. The van der Waals surface area contributed by atoms with Crippen molar-refractivity contribution in [1.29, 1.82) is 0 Å². The summed E-state index contributed by atoms with van der Waals surface area (Å²) in [6, 6.07) is 10.2. The van der Waals surface area contributed by atoms with Gasteiger partial charge in [0.1, 0.15) is 5.82 Å². The first-order valence-electron chi connectivity index (χ1n) is 6.96. The molecular formula is C17H18ClFN2S. The lowest BCUT2D eigenvalue weighted by Gasteiger charge is -2.19. The quantitative estimate of drug-likeness (QED) is 0.758. The summed E-state index contributed by atoms with van der Waals surface area (Å²) < 4.78 is 12.9. The van der Waals surface area contributed by atoms with Crippen molar-refractivity contribution in [2.75, 3.05) is 5.32 Å². The highest BCUT2D eigenvalue weighted by atomic mass is 35.5. The van der Waals surface area contributed by atoms with Crippen LogP contribution in [0.3, 0.4) is 0 Å². The number of hydrogen-bond donors (Lipinski definition) is 2. The SMILES string of the molecule is Cc1cc(C)c(NC(=S)N[C@H](C)c2ccc(F)cc2)c(Cl)c1. The molecule has 5 heteroatoms. The second-order valence-electron chi connectivity index (χ2n) is 5.31. The number of aryl methyl sites for hydroxylation is 2. The van der Waals surface area contributed by atoms with E-state index in [1.54, 1.807) is 12.1 Å². The summed E-state index contributed by atoms with van der Waals surface area (Å²) in [4.78, 5) is 0. The molecule has 2 N–H and O–H groups in total. The molecule has 0 fully saturated rings.